The van der Waals surface area contributed by atoms with E-state index in [0.717, 1.165) is 11.4 Å². The summed E-state index contributed by atoms with van der Waals surface area (Å²) < 4.78 is 1.76. The predicted molar refractivity (Wildman–Crippen MR) is 75.0 cm³/mol. The maximum Gasteiger partial charge on any atom is 0.102 e. The number of aliphatic hydroxyl groups excluding tert-OH is 1. The van der Waals surface area contributed by atoms with Gasteiger partial charge >= 0.3 is 0 Å². The fourth-order valence-corrected chi connectivity index (χ4v) is 1.96. The van der Waals surface area contributed by atoms with Crippen LogP contribution in [0.3, 0.4) is 0 Å². The average Bonchev–Trinajstić information content (AvgIpc) is 2.83. The minimum atomic E-state index is 0.177. The van der Waals surface area contributed by atoms with Gasteiger partial charge in [0.1, 0.15) is 5.69 Å². The zero-order valence-electron chi connectivity index (χ0n) is 11.4. The molecule has 1 heterocycles. The lowest BCUT2D eigenvalue weighted by Crippen LogP contribution is -2.02. The highest BCUT2D eigenvalue weighted by atomic mass is 16.3. The Morgan fingerprint density at radius 2 is 2.16 bits per heavy atom. The monoisotopic (exact) mass is 260 g/mol. The van der Waals surface area contributed by atoms with Crippen LogP contribution >= 0.6 is 0 Å². The van der Waals surface area contributed by atoms with Crippen LogP contribution in [-0.2, 0) is 13.1 Å². The molecule has 0 aliphatic heterocycles. The Kier molecular flexibility index (Phi) is 4.52. The lowest BCUT2D eigenvalue weighted by molar-refractivity contribution is 0.276. The summed E-state index contributed by atoms with van der Waals surface area (Å²) in [6, 6.07) is 6.33. The van der Waals surface area contributed by atoms with Crippen LogP contribution in [-0.4, -0.2) is 26.7 Å². The predicted octanol–water partition coefficient (Wildman–Crippen LogP) is 1.89. The number of benzene rings is 1. The van der Waals surface area contributed by atoms with Crippen molar-refractivity contribution in [1.82, 2.24) is 15.0 Å². The summed E-state index contributed by atoms with van der Waals surface area (Å²) in [5, 5.41) is 20.2. The first-order chi connectivity index (χ1) is 9.19. The van der Waals surface area contributed by atoms with E-state index in [2.05, 4.69) is 47.7 Å². The molecule has 1 aromatic carbocycles. The molecule has 0 spiro atoms. The van der Waals surface area contributed by atoms with Crippen LogP contribution in [0.2, 0.25) is 0 Å². The van der Waals surface area contributed by atoms with E-state index < -0.39 is 0 Å². The number of hydrogen-bond acceptors (Lipinski definition) is 4. The number of aliphatic hydroxyl groups is 1. The van der Waals surface area contributed by atoms with E-state index in [0.29, 0.717) is 19.5 Å². The summed E-state index contributed by atoms with van der Waals surface area (Å²) in [6.45, 7) is 5.71. The van der Waals surface area contributed by atoms with Crippen molar-refractivity contribution in [3.05, 3.63) is 41.2 Å². The van der Waals surface area contributed by atoms with Gasteiger partial charge in [0.2, 0.25) is 0 Å². The maximum absolute atomic E-state index is 8.77. The minimum Gasteiger partial charge on any atom is -0.396 e. The third-order valence-electron chi connectivity index (χ3n) is 2.97. The van der Waals surface area contributed by atoms with Gasteiger partial charge in [-0.25, -0.2) is 0 Å². The lowest BCUT2D eigenvalue weighted by Gasteiger charge is -2.08. The summed E-state index contributed by atoms with van der Waals surface area (Å²) in [5.74, 6) is 0. The van der Waals surface area contributed by atoms with Gasteiger partial charge in [0.05, 0.1) is 12.7 Å². The molecule has 1 aromatic heterocycles. The molecule has 0 atom stereocenters. The number of aromatic nitrogens is 3. The van der Waals surface area contributed by atoms with Gasteiger partial charge in [-0.2, -0.15) is 0 Å². The van der Waals surface area contributed by atoms with Crippen LogP contribution in [0.25, 0.3) is 0 Å². The second kappa shape index (κ2) is 6.33. The number of nitrogens with zero attached hydrogens (tertiary/aromatic N) is 3. The fraction of sp³-hybridized carbons (Fsp3) is 0.429. The van der Waals surface area contributed by atoms with E-state index in [-0.39, 0.29) is 6.61 Å². The zero-order valence-corrected chi connectivity index (χ0v) is 11.4. The highest BCUT2D eigenvalue weighted by molar-refractivity contribution is 5.51. The molecule has 2 N–H and O–H groups in total. The van der Waals surface area contributed by atoms with Gasteiger partial charge in [-0.3, -0.25) is 4.68 Å². The lowest BCUT2D eigenvalue weighted by atomic mass is 10.1. The molecule has 0 fully saturated rings. The second-order valence-corrected chi connectivity index (χ2v) is 4.72. The van der Waals surface area contributed by atoms with E-state index in [1.165, 1.54) is 11.1 Å². The molecule has 19 heavy (non-hydrogen) atoms. The molecule has 0 saturated carbocycles. The molecule has 2 aromatic rings. The van der Waals surface area contributed by atoms with Crippen molar-refractivity contribution in [2.24, 2.45) is 0 Å². The highest BCUT2D eigenvalue weighted by Crippen LogP contribution is 2.16. The zero-order chi connectivity index (χ0) is 13.7. The molecule has 2 rings (SSSR count). The summed E-state index contributed by atoms with van der Waals surface area (Å²) in [4.78, 5) is 0. The van der Waals surface area contributed by atoms with Gasteiger partial charge in [-0.15, -0.1) is 5.10 Å². The average molecular weight is 260 g/mol. The minimum absolute atomic E-state index is 0.177. The van der Waals surface area contributed by atoms with E-state index in [1.54, 1.807) is 4.68 Å². The Hall–Kier alpha value is -1.88. The van der Waals surface area contributed by atoms with Gasteiger partial charge in [-0.05, 0) is 31.9 Å². The molecule has 5 nitrogen and oxygen atoms in total. The SMILES string of the molecule is Cc1ccc(NCc2cn(CCCO)nn2)c(C)c1. The van der Waals surface area contributed by atoms with Crippen molar-refractivity contribution in [1.29, 1.82) is 0 Å². The molecule has 0 saturated heterocycles. The van der Waals surface area contributed by atoms with Gasteiger partial charge in [0.25, 0.3) is 0 Å². The Labute approximate surface area is 113 Å². The molecule has 102 valence electrons. The Bertz CT molecular complexity index is 536. The quantitative estimate of drug-likeness (QED) is 0.832. The first-order valence-corrected chi connectivity index (χ1v) is 6.50. The molecular formula is C14H20N4O. The first kappa shape index (κ1) is 13.5. The van der Waals surface area contributed by atoms with Crippen molar-refractivity contribution in [2.75, 3.05) is 11.9 Å². The highest BCUT2D eigenvalue weighted by Gasteiger charge is 2.02. The summed E-state index contributed by atoms with van der Waals surface area (Å²) in [5.41, 5.74) is 4.51. The van der Waals surface area contributed by atoms with Crippen LogP contribution in [0.15, 0.2) is 24.4 Å². The molecule has 0 unspecified atom stereocenters. The van der Waals surface area contributed by atoms with Crippen LogP contribution in [0.1, 0.15) is 23.2 Å². The maximum atomic E-state index is 8.77. The van der Waals surface area contributed by atoms with Crippen molar-refractivity contribution < 1.29 is 5.11 Å². The molecule has 0 aliphatic carbocycles. The number of aryl methyl sites for hydroxylation is 3. The van der Waals surface area contributed by atoms with E-state index in [9.17, 15) is 0 Å². The van der Waals surface area contributed by atoms with Crippen LogP contribution < -0.4 is 5.32 Å². The van der Waals surface area contributed by atoms with Gasteiger partial charge < -0.3 is 10.4 Å². The number of nitrogens with one attached hydrogen (secondary N) is 1. The molecule has 0 radical (unpaired) electrons. The van der Waals surface area contributed by atoms with Crippen molar-refractivity contribution in [3.63, 3.8) is 0 Å². The fourth-order valence-electron chi connectivity index (χ4n) is 1.96. The van der Waals surface area contributed by atoms with Gasteiger partial charge in [0.15, 0.2) is 0 Å². The number of anilines is 1. The largest absolute Gasteiger partial charge is 0.396 e. The van der Waals surface area contributed by atoms with E-state index in [4.69, 9.17) is 5.11 Å². The molecular weight excluding hydrogens is 240 g/mol. The second-order valence-electron chi connectivity index (χ2n) is 4.72. The smallest absolute Gasteiger partial charge is 0.102 e. The topological polar surface area (TPSA) is 63.0 Å². The summed E-state index contributed by atoms with van der Waals surface area (Å²) in [7, 11) is 0. The molecule has 0 amide bonds. The molecule has 0 bridgehead atoms. The van der Waals surface area contributed by atoms with Gasteiger partial charge in [-0.1, -0.05) is 22.9 Å². The molecule has 5 heteroatoms. The van der Waals surface area contributed by atoms with Crippen LogP contribution in [0.5, 0.6) is 0 Å². The number of hydrogen-bond donors (Lipinski definition) is 2. The van der Waals surface area contributed by atoms with Crippen molar-refractivity contribution in [2.45, 2.75) is 33.4 Å². The number of rotatable bonds is 6. The van der Waals surface area contributed by atoms with Crippen molar-refractivity contribution in [3.8, 4) is 0 Å². The van der Waals surface area contributed by atoms with Crippen LogP contribution in [0.4, 0.5) is 5.69 Å². The first-order valence-electron chi connectivity index (χ1n) is 6.50. The Morgan fingerprint density at radius 3 is 2.89 bits per heavy atom. The summed E-state index contributed by atoms with van der Waals surface area (Å²) in [6.07, 6.45) is 2.61. The van der Waals surface area contributed by atoms with E-state index >= 15 is 0 Å². The third kappa shape index (κ3) is 3.79. The standard InChI is InChI=1S/C14H20N4O/c1-11-4-5-14(12(2)8-11)15-9-13-10-18(17-16-13)6-3-7-19/h4-5,8,10,15,19H,3,6-7,9H2,1-2H3. The van der Waals surface area contributed by atoms with E-state index in [1.807, 2.05) is 6.20 Å². The Morgan fingerprint density at radius 1 is 1.32 bits per heavy atom. The summed E-state index contributed by atoms with van der Waals surface area (Å²) >= 11 is 0. The van der Waals surface area contributed by atoms with Crippen LogP contribution in [0, 0.1) is 13.8 Å². The normalized spacial score (nSPS) is 10.7. The van der Waals surface area contributed by atoms with Crippen molar-refractivity contribution >= 4 is 5.69 Å². The van der Waals surface area contributed by atoms with Gasteiger partial charge in [0, 0.05) is 18.8 Å². The molecule has 0 aliphatic rings. The third-order valence-corrected chi connectivity index (χ3v) is 2.97. The Balaban J connectivity index is 1.92.